The maximum atomic E-state index is 13.7. The molecule has 4 amide bonds. The van der Waals surface area contributed by atoms with Gasteiger partial charge in [-0.2, -0.15) is 0 Å². The zero-order valence-electron chi connectivity index (χ0n) is 25.0. The minimum Gasteiger partial charge on any atom is -0.443 e. The maximum Gasteiger partial charge on any atom is 0.273 e. The van der Waals surface area contributed by atoms with Gasteiger partial charge in [-0.3, -0.25) is 19.2 Å². The highest BCUT2D eigenvalue weighted by Crippen LogP contribution is 2.28. The average molecular weight is 616 g/mol. The molecule has 3 atom stereocenters. The smallest absolute Gasteiger partial charge is 0.273 e. The number of aryl methyl sites for hydroxylation is 3. The van der Waals surface area contributed by atoms with Crippen LogP contribution in [0.25, 0.3) is 0 Å². The highest BCUT2D eigenvalue weighted by atomic mass is 32.1. The largest absolute Gasteiger partial charge is 0.443 e. The molecule has 0 unspecified atom stereocenters. The first-order chi connectivity index (χ1) is 19.7. The van der Waals surface area contributed by atoms with Crippen LogP contribution in [0.5, 0.6) is 0 Å². The van der Waals surface area contributed by atoms with Gasteiger partial charge in [0.2, 0.25) is 11.8 Å². The van der Waals surface area contributed by atoms with Gasteiger partial charge in [0, 0.05) is 18.0 Å². The SMILES string of the molecule is Cc1nc(C)c(C(=O)N2CC(=O)N[C@@H](C(C)C)c3nc(cs3)C(=O)N[C@H](C(C)C)c3nc(c(C)o3)C(=O)N[C@H](C)C2)s1. The highest BCUT2D eigenvalue weighted by Gasteiger charge is 2.31. The number of thiazole rings is 2. The van der Waals surface area contributed by atoms with Crippen molar-refractivity contribution in [2.45, 2.75) is 73.5 Å². The molecule has 12 nitrogen and oxygen atoms in total. The first kappa shape index (κ1) is 31.3. The van der Waals surface area contributed by atoms with Gasteiger partial charge in [-0.05, 0) is 39.5 Å². The summed E-state index contributed by atoms with van der Waals surface area (Å²) in [5.74, 6) is -1.29. The number of hydrogen-bond donors (Lipinski definition) is 3. The van der Waals surface area contributed by atoms with Gasteiger partial charge < -0.3 is 25.3 Å². The molecule has 4 heterocycles. The number of nitrogens with zero attached hydrogens (tertiary/aromatic N) is 4. The minimum atomic E-state index is -0.612. The molecule has 4 bridgehead atoms. The number of amides is 4. The Morgan fingerprint density at radius 1 is 0.976 bits per heavy atom. The summed E-state index contributed by atoms with van der Waals surface area (Å²) in [5, 5.41) is 11.8. The second kappa shape index (κ2) is 12.7. The third-order valence-corrected chi connectivity index (χ3v) is 8.83. The molecule has 0 aliphatic carbocycles. The zero-order chi connectivity index (χ0) is 30.9. The molecule has 4 rings (SSSR count). The molecule has 1 aliphatic rings. The van der Waals surface area contributed by atoms with Crippen LogP contribution in [0.1, 0.15) is 105 Å². The molecule has 0 saturated carbocycles. The van der Waals surface area contributed by atoms with Gasteiger partial charge >= 0.3 is 0 Å². The van der Waals surface area contributed by atoms with Crippen molar-refractivity contribution in [3.63, 3.8) is 0 Å². The van der Waals surface area contributed by atoms with E-state index in [1.165, 1.54) is 27.6 Å². The van der Waals surface area contributed by atoms with Gasteiger partial charge in [-0.15, -0.1) is 22.7 Å². The third kappa shape index (κ3) is 6.86. The Labute approximate surface area is 252 Å². The van der Waals surface area contributed by atoms with Crippen LogP contribution in [0.3, 0.4) is 0 Å². The van der Waals surface area contributed by atoms with Crippen molar-refractivity contribution in [3.8, 4) is 0 Å². The first-order valence-electron chi connectivity index (χ1n) is 13.8. The molecule has 1 aliphatic heterocycles. The lowest BCUT2D eigenvalue weighted by atomic mass is 10.0. The number of aromatic nitrogens is 3. The quantitative estimate of drug-likeness (QED) is 0.402. The van der Waals surface area contributed by atoms with Crippen molar-refractivity contribution in [1.82, 2.24) is 35.8 Å². The summed E-state index contributed by atoms with van der Waals surface area (Å²) in [5.41, 5.74) is 0.862. The minimum absolute atomic E-state index is 0.0486. The fourth-order valence-electron chi connectivity index (χ4n) is 4.69. The van der Waals surface area contributed by atoms with Crippen LogP contribution in [-0.4, -0.2) is 62.6 Å². The van der Waals surface area contributed by atoms with Crippen molar-refractivity contribution in [2.24, 2.45) is 11.8 Å². The monoisotopic (exact) mass is 615 g/mol. The molecule has 0 radical (unpaired) electrons. The third-order valence-electron chi connectivity index (χ3n) is 6.84. The molecule has 3 N–H and O–H groups in total. The summed E-state index contributed by atoms with van der Waals surface area (Å²) in [6.07, 6.45) is 0. The van der Waals surface area contributed by atoms with Gasteiger partial charge in [-0.25, -0.2) is 15.0 Å². The predicted octanol–water partition coefficient (Wildman–Crippen LogP) is 3.73. The lowest BCUT2D eigenvalue weighted by Gasteiger charge is -2.27. The van der Waals surface area contributed by atoms with Crippen LogP contribution >= 0.6 is 22.7 Å². The van der Waals surface area contributed by atoms with Gasteiger partial charge in [0.25, 0.3) is 17.7 Å². The second-order valence-electron chi connectivity index (χ2n) is 11.2. The first-order valence-corrected chi connectivity index (χ1v) is 15.5. The molecule has 0 spiro atoms. The molecule has 14 heteroatoms. The van der Waals surface area contributed by atoms with E-state index in [1.54, 1.807) is 26.2 Å². The number of oxazole rings is 1. The Morgan fingerprint density at radius 3 is 2.29 bits per heavy atom. The number of carbonyl (C=O) groups is 4. The highest BCUT2D eigenvalue weighted by molar-refractivity contribution is 7.13. The zero-order valence-corrected chi connectivity index (χ0v) is 26.7. The molecule has 0 fully saturated rings. The van der Waals surface area contributed by atoms with Crippen LogP contribution in [0, 0.1) is 32.6 Å². The summed E-state index contributed by atoms with van der Waals surface area (Å²) in [6.45, 7) is 14.5. The molecule has 0 saturated heterocycles. The second-order valence-corrected chi connectivity index (χ2v) is 13.3. The number of fused-ring (bicyclic) bond motifs is 4. The van der Waals surface area contributed by atoms with Crippen molar-refractivity contribution in [3.05, 3.63) is 49.0 Å². The van der Waals surface area contributed by atoms with Crippen LogP contribution < -0.4 is 16.0 Å². The molecule has 42 heavy (non-hydrogen) atoms. The van der Waals surface area contributed by atoms with Crippen molar-refractivity contribution >= 4 is 46.3 Å². The van der Waals surface area contributed by atoms with E-state index in [4.69, 9.17) is 4.42 Å². The van der Waals surface area contributed by atoms with E-state index in [0.29, 0.717) is 21.3 Å². The lowest BCUT2D eigenvalue weighted by molar-refractivity contribution is -0.122. The van der Waals surface area contributed by atoms with E-state index in [1.807, 2.05) is 34.6 Å². The van der Waals surface area contributed by atoms with Crippen LogP contribution in [0.2, 0.25) is 0 Å². The molecule has 0 aromatic carbocycles. The van der Waals surface area contributed by atoms with Gasteiger partial charge in [-0.1, -0.05) is 27.7 Å². The van der Waals surface area contributed by atoms with E-state index >= 15 is 0 Å². The van der Waals surface area contributed by atoms with Crippen molar-refractivity contribution in [2.75, 3.05) is 13.1 Å². The fraction of sp³-hybridized carbons (Fsp3) is 0.536. The summed E-state index contributed by atoms with van der Waals surface area (Å²) >= 11 is 2.53. The van der Waals surface area contributed by atoms with E-state index in [2.05, 4.69) is 30.9 Å². The lowest BCUT2D eigenvalue weighted by Crippen LogP contribution is -2.48. The van der Waals surface area contributed by atoms with Crippen molar-refractivity contribution in [1.29, 1.82) is 0 Å². The molecule has 3 aromatic heterocycles. The van der Waals surface area contributed by atoms with Gasteiger partial charge in [0.05, 0.1) is 23.3 Å². The van der Waals surface area contributed by atoms with E-state index < -0.39 is 35.8 Å². The topological polar surface area (TPSA) is 159 Å². The Hall–Kier alpha value is -3.65. The molecule has 226 valence electrons. The summed E-state index contributed by atoms with van der Waals surface area (Å²) in [7, 11) is 0. The Kier molecular flexibility index (Phi) is 9.46. The van der Waals surface area contributed by atoms with Crippen LogP contribution in [0.15, 0.2) is 9.80 Å². The fourth-order valence-corrected chi connectivity index (χ4v) is 6.60. The van der Waals surface area contributed by atoms with E-state index in [9.17, 15) is 19.2 Å². The Morgan fingerprint density at radius 2 is 1.67 bits per heavy atom. The van der Waals surface area contributed by atoms with Crippen LogP contribution in [0.4, 0.5) is 0 Å². The summed E-state index contributed by atoms with van der Waals surface area (Å²) < 4.78 is 5.86. The number of rotatable bonds is 3. The van der Waals surface area contributed by atoms with Crippen LogP contribution in [-0.2, 0) is 4.79 Å². The standard InChI is InChI=1S/C28H37N7O5S2/c1-12(2)20-26-34-22(16(7)40-26)25(38)29-14(5)9-35(28(39)23-15(6)30-17(8)42-23)10-19(36)32-21(13(3)4)27-31-18(11-41-27)24(37)33-20/h11-14,20-21H,9-10H2,1-8H3,(H,29,38)(H,32,36)(H,33,37)/t14-,20-,21+/m1/s1. The van der Waals surface area contributed by atoms with E-state index in [-0.39, 0.29) is 48.1 Å². The molecule has 3 aromatic rings. The van der Waals surface area contributed by atoms with Gasteiger partial charge in [0.15, 0.2) is 5.69 Å². The number of nitrogens with one attached hydrogen (secondary N) is 3. The average Bonchev–Trinajstić information content (AvgIpc) is 3.62. The maximum absolute atomic E-state index is 13.7. The Balaban J connectivity index is 1.74. The van der Waals surface area contributed by atoms with Crippen molar-refractivity contribution < 1.29 is 23.6 Å². The summed E-state index contributed by atoms with van der Waals surface area (Å²) in [4.78, 5) is 68.8. The molecular formula is C28H37N7O5S2. The summed E-state index contributed by atoms with van der Waals surface area (Å²) in [6, 6.07) is -1.63. The number of hydrogen-bond acceptors (Lipinski definition) is 10. The predicted molar refractivity (Wildman–Crippen MR) is 159 cm³/mol. The Bertz CT molecular complexity index is 1490. The molecular weight excluding hydrogens is 578 g/mol. The van der Waals surface area contributed by atoms with Gasteiger partial charge in [0.1, 0.15) is 27.4 Å². The normalized spacial score (nSPS) is 20.7. The van der Waals surface area contributed by atoms with E-state index in [0.717, 1.165) is 5.01 Å². The number of carbonyl (C=O) groups excluding carboxylic acids is 4.